The molecular weight excluding hydrogens is 212 g/mol. The van der Waals surface area contributed by atoms with Gasteiger partial charge in [0.15, 0.2) is 0 Å². The molecule has 0 fully saturated rings. The number of aromatic nitrogens is 2. The Morgan fingerprint density at radius 3 is 2.35 bits per heavy atom. The van der Waals surface area contributed by atoms with Crippen LogP contribution in [-0.4, -0.2) is 9.78 Å². The van der Waals surface area contributed by atoms with Gasteiger partial charge in [0.2, 0.25) is 5.43 Å². The maximum absolute atomic E-state index is 11.8. The number of fused-ring (bicyclic) bond motifs is 1. The molecular formula is C14H20N2O. The predicted molar refractivity (Wildman–Crippen MR) is 72.5 cm³/mol. The largest absolute Gasteiger partial charge is 0.287 e. The molecule has 2 aromatic rings. The van der Waals surface area contributed by atoms with Gasteiger partial charge in [0.05, 0.1) is 5.52 Å². The Bertz CT molecular complexity index is 556. The molecule has 0 atom stereocenters. The smallest absolute Gasteiger partial charge is 0.210 e. The standard InChI is InChI=1S/C12H14N2O.C2H6/c1-8(2)14-11-7-5-4-6-10(11)12(15)9(3)13-14;1-2/h4-8H,1-3H3;1-2H3. The first-order valence-electron chi connectivity index (χ1n) is 6.09. The second-order valence-electron chi connectivity index (χ2n) is 3.97. The van der Waals surface area contributed by atoms with E-state index >= 15 is 0 Å². The monoisotopic (exact) mass is 232 g/mol. The maximum Gasteiger partial charge on any atom is 0.210 e. The molecule has 2 rings (SSSR count). The van der Waals surface area contributed by atoms with E-state index in [2.05, 4.69) is 18.9 Å². The number of para-hydroxylation sites is 1. The van der Waals surface area contributed by atoms with Crippen molar-refractivity contribution < 1.29 is 0 Å². The van der Waals surface area contributed by atoms with E-state index in [-0.39, 0.29) is 11.5 Å². The molecule has 0 unspecified atom stereocenters. The SMILES string of the molecule is CC.Cc1nn(C(C)C)c2ccccc2c1=O. The second kappa shape index (κ2) is 5.62. The lowest BCUT2D eigenvalue weighted by atomic mass is 10.2. The van der Waals surface area contributed by atoms with Gasteiger partial charge in [-0.15, -0.1) is 0 Å². The minimum atomic E-state index is 0.0301. The highest BCUT2D eigenvalue weighted by Gasteiger charge is 2.08. The molecule has 0 aliphatic carbocycles. The summed E-state index contributed by atoms with van der Waals surface area (Å²) in [4.78, 5) is 11.8. The number of rotatable bonds is 1. The number of nitrogens with zero attached hydrogens (tertiary/aromatic N) is 2. The maximum atomic E-state index is 11.8. The summed E-state index contributed by atoms with van der Waals surface area (Å²) in [5.74, 6) is 0. The van der Waals surface area contributed by atoms with E-state index in [1.807, 2.05) is 42.8 Å². The van der Waals surface area contributed by atoms with Gasteiger partial charge in [-0.25, -0.2) is 0 Å². The van der Waals surface area contributed by atoms with Crippen molar-refractivity contribution in [2.45, 2.75) is 40.7 Å². The third-order valence-corrected chi connectivity index (χ3v) is 2.47. The van der Waals surface area contributed by atoms with Crippen LogP contribution in [0.4, 0.5) is 0 Å². The zero-order valence-corrected chi connectivity index (χ0v) is 11.2. The van der Waals surface area contributed by atoms with Gasteiger partial charge in [0.25, 0.3) is 0 Å². The Hall–Kier alpha value is -1.64. The summed E-state index contributed by atoms with van der Waals surface area (Å²) in [6.07, 6.45) is 0. The van der Waals surface area contributed by atoms with Crippen LogP contribution >= 0.6 is 0 Å². The van der Waals surface area contributed by atoms with Gasteiger partial charge in [0, 0.05) is 11.4 Å². The van der Waals surface area contributed by atoms with Crippen molar-refractivity contribution in [2.24, 2.45) is 0 Å². The number of hydrogen-bond donors (Lipinski definition) is 0. The highest BCUT2D eigenvalue weighted by atomic mass is 16.1. The van der Waals surface area contributed by atoms with E-state index in [0.29, 0.717) is 5.69 Å². The number of benzene rings is 1. The van der Waals surface area contributed by atoms with Crippen molar-refractivity contribution in [1.82, 2.24) is 9.78 Å². The normalized spacial score (nSPS) is 10.2. The lowest BCUT2D eigenvalue weighted by Crippen LogP contribution is -2.17. The fraction of sp³-hybridized carbons (Fsp3) is 0.429. The molecule has 1 heterocycles. The van der Waals surface area contributed by atoms with Gasteiger partial charge in [0.1, 0.15) is 5.69 Å². The van der Waals surface area contributed by atoms with Gasteiger partial charge in [-0.05, 0) is 32.9 Å². The van der Waals surface area contributed by atoms with Crippen molar-refractivity contribution in [3.8, 4) is 0 Å². The quantitative estimate of drug-likeness (QED) is 0.756. The lowest BCUT2D eigenvalue weighted by molar-refractivity contribution is 0.536. The van der Waals surface area contributed by atoms with Crippen LogP contribution in [0.2, 0.25) is 0 Å². The second-order valence-corrected chi connectivity index (χ2v) is 3.97. The summed E-state index contributed by atoms with van der Waals surface area (Å²) in [6, 6.07) is 7.86. The highest BCUT2D eigenvalue weighted by Crippen LogP contribution is 2.13. The van der Waals surface area contributed by atoms with Crippen LogP contribution in [0.3, 0.4) is 0 Å². The summed E-state index contributed by atoms with van der Waals surface area (Å²) in [5, 5.41) is 5.05. The Morgan fingerprint density at radius 2 is 1.76 bits per heavy atom. The van der Waals surface area contributed by atoms with Crippen LogP contribution in [0.25, 0.3) is 10.9 Å². The average molecular weight is 232 g/mol. The molecule has 17 heavy (non-hydrogen) atoms. The van der Waals surface area contributed by atoms with Gasteiger partial charge >= 0.3 is 0 Å². The van der Waals surface area contributed by atoms with Crippen molar-refractivity contribution in [2.75, 3.05) is 0 Å². The molecule has 0 aliphatic rings. The topological polar surface area (TPSA) is 34.9 Å². The summed E-state index contributed by atoms with van der Waals surface area (Å²) < 4.78 is 1.89. The van der Waals surface area contributed by atoms with Crippen LogP contribution in [-0.2, 0) is 0 Å². The Morgan fingerprint density at radius 1 is 1.18 bits per heavy atom. The molecule has 0 saturated carbocycles. The van der Waals surface area contributed by atoms with E-state index in [0.717, 1.165) is 10.9 Å². The first-order valence-corrected chi connectivity index (χ1v) is 6.09. The van der Waals surface area contributed by atoms with E-state index in [1.165, 1.54) is 0 Å². The Balaban J connectivity index is 0.000000686. The molecule has 0 N–H and O–H groups in total. The van der Waals surface area contributed by atoms with Gasteiger partial charge in [-0.2, -0.15) is 5.10 Å². The average Bonchev–Trinajstić information content (AvgIpc) is 2.36. The van der Waals surface area contributed by atoms with E-state index in [4.69, 9.17) is 0 Å². The predicted octanol–water partition coefficient (Wildman–Crippen LogP) is 3.31. The molecule has 0 aliphatic heterocycles. The van der Waals surface area contributed by atoms with Crippen LogP contribution in [0.5, 0.6) is 0 Å². The van der Waals surface area contributed by atoms with Crippen molar-refractivity contribution >= 4 is 10.9 Å². The van der Waals surface area contributed by atoms with E-state index in [9.17, 15) is 4.79 Å². The number of aryl methyl sites for hydroxylation is 1. The minimum Gasteiger partial charge on any atom is -0.287 e. The zero-order chi connectivity index (χ0) is 13.0. The molecule has 92 valence electrons. The molecule has 0 radical (unpaired) electrons. The zero-order valence-electron chi connectivity index (χ0n) is 11.2. The van der Waals surface area contributed by atoms with Crippen molar-refractivity contribution in [3.05, 3.63) is 40.2 Å². The molecule has 3 nitrogen and oxygen atoms in total. The number of hydrogen-bond acceptors (Lipinski definition) is 2. The Labute approximate surface area is 102 Å². The molecule has 1 aromatic carbocycles. The van der Waals surface area contributed by atoms with Crippen LogP contribution < -0.4 is 5.43 Å². The fourth-order valence-corrected chi connectivity index (χ4v) is 1.71. The van der Waals surface area contributed by atoms with E-state index < -0.39 is 0 Å². The van der Waals surface area contributed by atoms with E-state index in [1.54, 1.807) is 6.92 Å². The summed E-state index contributed by atoms with van der Waals surface area (Å²) >= 11 is 0. The van der Waals surface area contributed by atoms with Gasteiger partial charge in [-0.1, -0.05) is 26.0 Å². The molecule has 0 bridgehead atoms. The summed E-state index contributed by atoms with van der Waals surface area (Å²) in [7, 11) is 0. The van der Waals surface area contributed by atoms with Gasteiger partial charge in [-0.3, -0.25) is 9.48 Å². The van der Waals surface area contributed by atoms with Gasteiger partial charge < -0.3 is 0 Å². The Kier molecular flexibility index (Phi) is 4.44. The molecule has 3 heteroatoms. The lowest BCUT2D eigenvalue weighted by Gasteiger charge is -2.13. The van der Waals surface area contributed by atoms with Crippen LogP contribution in [0.15, 0.2) is 29.1 Å². The summed E-state index contributed by atoms with van der Waals surface area (Å²) in [6.45, 7) is 9.88. The van der Waals surface area contributed by atoms with Crippen molar-refractivity contribution in [3.63, 3.8) is 0 Å². The highest BCUT2D eigenvalue weighted by molar-refractivity contribution is 5.78. The first-order chi connectivity index (χ1) is 8.11. The molecule has 0 amide bonds. The van der Waals surface area contributed by atoms with Crippen LogP contribution in [0, 0.1) is 6.92 Å². The van der Waals surface area contributed by atoms with Crippen LogP contribution in [0.1, 0.15) is 39.4 Å². The minimum absolute atomic E-state index is 0.0301. The molecule has 1 aromatic heterocycles. The molecule has 0 spiro atoms. The third-order valence-electron chi connectivity index (χ3n) is 2.47. The van der Waals surface area contributed by atoms with Crippen molar-refractivity contribution in [1.29, 1.82) is 0 Å². The third kappa shape index (κ3) is 2.54. The summed E-state index contributed by atoms with van der Waals surface area (Å²) in [5.41, 5.74) is 1.49. The fourth-order valence-electron chi connectivity index (χ4n) is 1.71. The molecule has 0 saturated heterocycles. The first kappa shape index (κ1) is 13.4.